The summed E-state index contributed by atoms with van der Waals surface area (Å²) < 4.78 is 0. The number of H-pyrrole nitrogens is 1. The van der Waals surface area contributed by atoms with Gasteiger partial charge in [-0.05, 0) is 17.7 Å². The van der Waals surface area contributed by atoms with Gasteiger partial charge >= 0.3 is 5.97 Å². The molecule has 0 bridgehead atoms. The second kappa shape index (κ2) is 4.06. The highest BCUT2D eigenvalue weighted by atomic mass is 16.4. The van der Waals surface area contributed by atoms with Crippen molar-refractivity contribution in [2.45, 2.75) is 6.42 Å². The fraction of sp³-hybridized carbons (Fsp3) is 0.0909. The number of aliphatic carboxylic acids is 1. The number of nitrogen functional groups attached to an aromatic ring is 1. The van der Waals surface area contributed by atoms with Crippen molar-refractivity contribution in [1.82, 2.24) is 10.2 Å². The second-order valence-corrected chi connectivity index (χ2v) is 3.41. The molecule has 0 saturated heterocycles. The molecule has 0 amide bonds. The molecule has 0 spiro atoms. The first-order valence-corrected chi connectivity index (χ1v) is 4.79. The molecule has 4 N–H and O–H groups in total. The van der Waals surface area contributed by atoms with Gasteiger partial charge in [0.2, 0.25) is 0 Å². The van der Waals surface area contributed by atoms with Crippen LogP contribution in [0, 0.1) is 0 Å². The number of hydrogen-bond donors (Lipinski definition) is 3. The molecular weight excluding hydrogens is 206 g/mol. The van der Waals surface area contributed by atoms with E-state index in [0.717, 1.165) is 16.5 Å². The summed E-state index contributed by atoms with van der Waals surface area (Å²) in [7, 11) is 0. The van der Waals surface area contributed by atoms with Crippen LogP contribution in [0.3, 0.4) is 0 Å². The average molecular weight is 217 g/mol. The molecule has 0 unspecified atom stereocenters. The normalized spacial score (nSPS) is 11.2. The van der Waals surface area contributed by atoms with Gasteiger partial charge in [-0.15, -0.1) is 0 Å². The summed E-state index contributed by atoms with van der Waals surface area (Å²) in [6.07, 6.45) is 3.37. The second-order valence-electron chi connectivity index (χ2n) is 3.41. The summed E-state index contributed by atoms with van der Waals surface area (Å²) in [6.45, 7) is 0. The molecule has 0 radical (unpaired) electrons. The molecule has 0 aliphatic rings. The number of fused-ring (bicyclic) bond motifs is 1. The van der Waals surface area contributed by atoms with E-state index in [1.54, 1.807) is 12.2 Å². The van der Waals surface area contributed by atoms with Crippen LogP contribution < -0.4 is 5.73 Å². The van der Waals surface area contributed by atoms with E-state index in [4.69, 9.17) is 10.8 Å². The number of carboxylic acids is 1. The maximum atomic E-state index is 10.3. The van der Waals surface area contributed by atoms with Gasteiger partial charge in [0.05, 0.1) is 11.9 Å². The van der Waals surface area contributed by atoms with Crippen LogP contribution in [-0.4, -0.2) is 21.3 Å². The fourth-order valence-corrected chi connectivity index (χ4v) is 1.46. The molecule has 2 aromatic rings. The lowest BCUT2D eigenvalue weighted by molar-refractivity contribution is -0.135. The van der Waals surface area contributed by atoms with Crippen molar-refractivity contribution in [2.75, 3.05) is 5.73 Å². The highest BCUT2D eigenvalue weighted by Gasteiger charge is 2.01. The minimum Gasteiger partial charge on any atom is -0.481 e. The Morgan fingerprint density at radius 1 is 1.56 bits per heavy atom. The molecule has 82 valence electrons. The van der Waals surface area contributed by atoms with Crippen molar-refractivity contribution in [3.05, 3.63) is 29.8 Å². The highest BCUT2D eigenvalue weighted by Crippen LogP contribution is 2.19. The highest BCUT2D eigenvalue weighted by molar-refractivity contribution is 5.90. The Balaban J connectivity index is 2.26. The molecule has 0 aliphatic heterocycles. The van der Waals surface area contributed by atoms with Gasteiger partial charge in [-0.2, -0.15) is 5.10 Å². The molecule has 5 nitrogen and oxygen atoms in total. The maximum Gasteiger partial charge on any atom is 0.307 e. The van der Waals surface area contributed by atoms with E-state index in [-0.39, 0.29) is 6.42 Å². The summed E-state index contributed by atoms with van der Waals surface area (Å²) in [6, 6.07) is 5.60. The van der Waals surface area contributed by atoms with Crippen molar-refractivity contribution in [3.8, 4) is 0 Å². The summed E-state index contributed by atoms with van der Waals surface area (Å²) in [5, 5.41) is 16.0. The predicted molar refractivity (Wildman–Crippen MR) is 61.8 cm³/mol. The van der Waals surface area contributed by atoms with Crippen LogP contribution in [-0.2, 0) is 4.79 Å². The van der Waals surface area contributed by atoms with Gasteiger partial charge in [0.1, 0.15) is 0 Å². The van der Waals surface area contributed by atoms with Crippen molar-refractivity contribution < 1.29 is 9.90 Å². The monoisotopic (exact) mass is 217 g/mol. The Labute approximate surface area is 91.6 Å². The van der Waals surface area contributed by atoms with Crippen LogP contribution in [0.5, 0.6) is 0 Å². The minimum absolute atomic E-state index is 0.0170. The van der Waals surface area contributed by atoms with Gasteiger partial charge in [0, 0.05) is 5.39 Å². The lowest BCUT2D eigenvalue weighted by atomic mass is 10.1. The van der Waals surface area contributed by atoms with Crippen molar-refractivity contribution >= 4 is 28.8 Å². The standard InChI is InChI=1S/C11H11N3O2/c12-11-8-5-4-7(2-1-3-10(15)16)6-9(8)13-14-11/h1-2,4-6H,3H2,(H,15,16)(H3,12,13,14). The number of benzene rings is 1. The first-order chi connectivity index (χ1) is 7.66. The minimum atomic E-state index is -0.844. The van der Waals surface area contributed by atoms with Crippen molar-refractivity contribution in [2.24, 2.45) is 0 Å². The molecule has 2 rings (SSSR count). The lowest BCUT2D eigenvalue weighted by Crippen LogP contribution is -1.89. The quantitative estimate of drug-likeness (QED) is 0.728. The fourth-order valence-electron chi connectivity index (χ4n) is 1.46. The smallest absolute Gasteiger partial charge is 0.307 e. The molecule has 16 heavy (non-hydrogen) atoms. The van der Waals surface area contributed by atoms with Gasteiger partial charge in [-0.1, -0.05) is 18.2 Å². The van der Waals surface area contributed by atoms with Crippen LogP contribution in [0.4, 0.5) is 5.82 Å². The molecule has 1 aromatic heterocycles. The zero-order chi connectivity index (χ0) is 11.5. The zero-order valence-electron chi connectivity index (χ0n) is 8.47. The SMILES string of the molecule is Nc1n[nH]c2cc(C=CCC(=O)O)ccc12. The Bertz CT molecular complexity index is 557. The topological polar surface area (TPSA) is 92.0 Å². The number of hydrogen-bond acceptors (Lipinski definition) is 3. The number of anilines is 1. The third kappa shape index (κ3) is 2.03. The van der Waals surface area contributed by atoms with Gasteiger partial charge in [-0.25, -0.2) is 0 Å². The number of nitrogens with two attached hydrogens (primary N) is 1. The third-order valence-corrected chi connectivity index (χ3v) is 2.22. The van der Waals surface area contributed by atoms with Crippen molar-refractivity contribution in [3.63, 3.8) is 0 Å². The molecule has 0 atom stereocenters. The van der Waals surface area contributed by atoms with Gasteiger partial charge in [0.15, 0.2) is 5.82 Å². The van der Waals surface area contributed by atoms with Crippen LogP contribution >= 0.6 is 0 Å². The Morgan fingerprint density at radius 3 is 3.12 bits per heavy atom. The average Bonchev–Trinajstić information content (AvgIpc) is 2.60. The summed E-state index contributed by atoms with van der Waals surface area (Å²) in [5.74, 6) is -0.376. The summed E-state index contributed by atoms with van der Waals surface area (Å²) >= 11 is 0. The number of rotatable bonds is 3. The van der Waals surface area contributed by atoms with Crippen LogP contribution in [0.25, 0.3) is 17.0 Å². The largest absolute Gasteiger partial charge is 0.481 e. The Hall–Kier alpha value is -2.30. The van der Waals surface area contributed by atoms with E-state index < -0.39 is 5.97 Å². The summed E-state index contributed by atoms with van der Waals surface area (Å²) in [5.41, 5.74) is 7.38. The van der Waals surface area contributed by atoms with Gasteiger partial charge < -0.3 is 10.8 Å². The van der Waals surface area contributed by atoms with E-state index in [1.165, 1.54) is 0 Å². The number of aromatic amines is 1. The zero-order valence-corrected chi connectivity index (χ0v) is 8.47. The van der Waals surface area contributed by atoms with E-state index >= 15 is 0 Å². The predicted octanol–water partition coefficient (Wildman–Crippen LogP) is 1.63. The molecule has 0 fully saturated rings. The Morgan fingerprint density at radius 2 is 2.38 bits per heavy atom. The maximum absolute atomic E-state index is 10.3. The molecule has 0 aliphatic carbocycles. The molecule has 5 heteroatoms. The molecular formula is C11H11N3O2. The first kappa shape index (κ1) is 10.2. The van der Waals surface area contributed by atoms with Crippen molar-refractivity contribution in [1.29, 1.82) is 0 Å². The molecule has 0 saturated carbocycles. The number of carboxylic acid groups (broad SMARTS) is 1. The van der Waals surface area contributed by atoms with Crippen LogP contribution in [0.2, 0.25) is 0 Å². The van der Waals surface area contributed by atoms with E-state index in [2.05, 4.69) is 10.2 Å². The van der Waals surface area contributed by atoms with Crippen LogP contribution in [0.1, 0.15) is 12.0 Å². The molecule has 1 aromatic carbocycles. The number of nitrogens with one attached hydrogen (secondary N) is 1. The van der Waals surface area contributed by atoms with E-state index in [0.29, 0.717) is 5.82 Å². The number of nitrogens with zero attached hydrogens (tertiary/aromatic N) is 1. The lowest BCUT2D eigenvalue weighted by Gasteiger charge is -1.94. The molecule has 1 heterocycles. The number of carbonyl (C=O) groups is 1. The number of aromatic nitrogens is 2. The van der Waals surface area contributed by atoms with E-state index in [9.17, 15) is 4.79 Å². The van der Waals surface area contributed by atoms with Gasteiger partial charge in [-0.3, -0.25) is 9.89 Å². The van der Waals surface area contributed by atoms with E-state index in [1.807, 2.05) is 18.2 Å². The summed E-state index contributed by atoms with van der Waals surface area (Å²) in [4.78, 5) is 10.3. The Kier molecular flexibility index (Phi) is 2.59. The van der Waals surface area contributed by atoms with Crippen LogP contribution in [0.15, 0.2) is 24.3 Å². The third-order valence-electron chi connectivity index (χ3n) is 2.22. The first-order valence-electron chi connectivity index (χ1n) is 4.79. The van der Waals surface area contributed by atoms with Gasteiger partial charge in [0.25, 0.3) is 0 Å².